The van der Waals surface area contributed by atoms with Gasteiger partial charge in [0.2, 0.25) is 10.0 Å². The molecule has 0 fully saturated rings. The van der Waals surface area contributed by atoms with Gasteiger partial charge in [0.05, 0.1) is 5.69 Å². The number of rotatable bonds is 5. The van der Waals surface area contributed by atoms with Crippen LogP contribution in [0.2, 0.25) is 0 Å². The molecule has 0 bridgehead atoms. The summed E-state index contributed by atoms with van der Waals surface area (Å²) in [6.45, 7) is 5.84. The number of amides is 1. The summed E-state index contributed by atoms with van der Waals surface area (Å²) in [5, 5.41) is 10.6. The van der Waals surface area contributed by atoms with Gasteiger partial charge in [-0.05, 0) is 39.0 Å². The third kappa shape index (κ3) is 6.19. The van der Waals surface area contributed by atoms with Crippen molar-refractivity contribution in [1.82, 2.24) is 5.32 Å². The predicted octanol–water partition coefficient (Wildman–Crippen LogP) is 0.853. The average Bonchev–Trinajstić information content (AvgIpc) is 2.32. The van der Waals surface area contributed by atoms with Crippen LogP contribution in [-0.2, 0) is 14.8 Å². The molecule has 0 spiro atoms. The van der Waals surface area contributed by atoms with Gasteiger partial charge in [-0.1, -0.05) is 0 Å². The molecular formula is C13H22N4O4S. The van der Waals surface area contributed by atoms with E-state index >= 15 is 0 Å². The van der Waals surface area contributed by atoms with Crippen molar-refractivity contribution in [2.24, 2.45) is 5.14 Å². The Balaban J connectivity index is 2.58. The molecule has 8 nitrogen and oxygen atoms in total. The lowest BCUT2D eigenvalue weighted by molar-refractivity contribution is 0.0530. The molecule has 0 unspecified atom stereocenters. The van der Waals surface area contributed by atoms with Gasteiger partial charge in [-0.3, -0.25) is 0 Å². The van der Waals surface area contributed by atoms with Crippen molar-refractivity contribution in [3.63, 3.8) is 0 Å². The van der Waals surface area contributed by atoms with E-state index in [9.17, 15) is 13.2 Å². The fourth-order valence-electron chi connectivity index (χ4n) is 1.60. The smallest absolute Gasteiger partial charge is 0.407 e. The van der Waals surface area contributed by atoms with Crippen LogP contribution in [0, 0.1) is 0 Å². The molecule has 0 aromatic heterocycles. The zero-order valence-electron chi connectivity index (χ0n) is 12.8. The molecule has 0 atom stereocenters. The number of carbonyl (C=O) groups excluding carboxylic acids is 1. The zero-order valence-corrected chi connectivity index (χ0v) is 13.7. The third-order valence-electron chi connectivity index (χ3n) is 2.42. The van der Waals surface area contributed by atoms with Crippen molar-refractivity contribution in [2.75, 3.05) is 24.1 Å². The minimum absolute atomic E-state index is 0.0928. The van der Waals surface area contributed by atoms with Gasteiger partial charge in [-0.2, -0.15) is 0 Å². The summed E-state index contributed by atoms with van der Waals surface area (Å²) in [4.78, 5) is 11.4. The van der Waals surface area contributed by atoms with E-state index in [2.05, 4.69) is 10.6 Å². The molecule has 9 heteroatoms. The molecule has 124 valence electrons. The summed E-state index contributed by atoms with van der Waals surface area (Å²) >= 11 is 0. The molecule has 0 saturated heterocycles. The summed E-state index contributed by atoms with van der Waals surface area (Å²) in [7, 11) is -3.89. The van der Waals surface area contributed by atoms with E-state index in [1.54, 1.807) is 26.8 Å². The maximum atomic E-state index is 11.5. The molecule has 0 radical (unpaired) electrons. The lowest BCUT2D eigenvalue weighted by atomic mass is 10.2. The summed E-state index contributed by atoms with van der Waals surface area (Å²) in [5.74, 6) is 0. The van der Waals surface area contributed by atoms with Crippen LogP contribution in [0.15, 0.2) is 23.1 Å². The minimum atomic E-state index is -3.89. The molecule has 0 saturated carbocycles. The molecule has 0 aliphatic rings. The number of anilines is 2. The van der Waals surface area contributed by atoms with Crippen molar-refractivity contribution < 1.29 is 17.9 Å². The predicted molar refractivity (Wildman–Crippen MR) is 85.0 cm³/mol. The van der Waals surface area contributed by atoms with E-state index in [0.29, 0.717) is 17.9 Å². The van der Waals surface area contributed by atoms with Crippen LogP contribution in [0.4, 0.5) is 16.2 Å². The van der Waals surface area contributed by atoms with Gasteiger partial charge >= 0.3 is 6.09 Å². The molecule has 0 aliphatic carbocycles. The van der Waals surface area contributed by atoms with E-state index in [1.165, 1.54) is 12.1 Å². The Labute approximate surface area is 130 Å². The highest BCUT2D eigenvalue weighted by Crippen LogP contribution is 2.22. The fraction of sp³-hybridized carbons (Fsp3) is 0.462. The van der Waals surface area contributed by atoms with Crippen LogP contribution >= 0.6 is 0 Å². The second-order valence-corrected chi connectivity index (χ2v) is 7.19. The number of carbonyl (C=O) groups is 1. The third-order valence-corrected chi connectivity index (χ3v) is 3.37. The summed E-state index contributed by atoms with van der Waals surface area (Å²) in [6.07, 6.45) is -0.543. The lowest BCUT2D eigenvalue weighted by Crippen LogP contribution is -2.35. The molecule has 1 rings (SSSR count). The average molecular weight is 330 g/mol. The van der Waals surface area contributed by atoms with Crippen molar-refractivity contribution in [3.8, 4) is 0 Å². The van der Waals surface area contributed by atoms with E-state index in [-0.39, 0.29) is 11.4 Å². The van der Waals surface area contributed by atoms with Gasteiger partial charge in [0.15, 0.2) is 0 Å². The molecular weight excluding hydrogens is 308 g/mol. The first-order chi connectivity index (χ1) is 9.99. The van der Waals surface area contributed by atoms with Crippen LogP contribution in [0.1, 0.15) is 20.8 Å². The van der Waals surface area contributed by atoms with E-state index < -0.39 is 21.7 Å². The highest BCUT2D eigenvalue weighted by atomic mass is 32.2. The highest BCUT2D eigenvalue weighted by Gasteiger charge is 2.16. The molecule has 22 heavy (non-hydrogen) atoms. The van der Waals surface area contributed by atoms with Crippen LogP contribution in [0.25, 0.3) is 0 Å². The molecule has 1 aromatic carbocycles. The van der Waals surface area contributed by atoms with Gasteiger partial charge < -0.3 is 21.1 Å². The van der Waals surface area contributed by atoms with Crippen LogP contribution in [-0.4, -0.2) is 33.2 Å². The first kappa shape index (κ1) is 18.1. The fourth-order valence-corrected chi connectivity index (χ4v) is 2.34. The van der Waals surface area contributed by atoms with Crippen molar-refractivity contribution in [2.45, 2.75) is 31.3 Å². The van der Waals surface area contributed by atoms with Crippen LogP contribution < -0.4 is 21.5 Å². The second-order valence-electron chi connectivity index (χ2n) is 5.66. The van der Waals surface area contributed by atoms with Gasteiger partial charge in [0.25, 0.3) is 0 Å². The Kier molecular flexibility index (Phi) is 5.61. The van der Waals surface area contributed by atoms with Crippen molar-refractivity contribution in [1.29, 1.82) is 0 Å². The first-order valence-electron chi connectivity index (χ1n) is 6.62. The molecule has 0 aliphatic heterocycles. The largest absolute Gasteiger partial charge is 0.444 e. The molecule has 6 N–H and O–H groups in total. The Morgan fingerprint density at radius 3 is 2.45 bits per heavy atom. The maximum Gasteiger partial charge on any atom is 0.407 e. The number of nitrogens with one attached hydrogen (secondary N) is 2. The zero-order chi connectivity index (χ0) is 17.0. The topological polar surface area (TPSA) is 137 Å². The number of nitrogen functional groups attached to an aromatic ring is 1. The summed E-state index contributed by atoms with van der Waals surface area (Å²) in [6, 6.07) is 4.35. The van der Waals surface area contributed by atoms with Gasteiger partial charge in [0.1, 0.15) is 10.5 Å². The van der Waals surface area contributed by atoms with Gasteiger partial charge in [0, 0.05) is 18.8 Å². The molecule has 0 heterocycles. The maximum absolute atomic E-state index is 11.5. The Morgan fingerprint density at radius 2 is 1.91 bits per heavy atom. The van der Waals surface area contributed by atoms with Crippen molar-refractivity contribution >= 4 is 27.5 Å². The van der Waals surface area contributed by atoms with E-state index in [4.69, 9.17) is 15.6 Å². The Morgan fingerprint density at radius 1 is 1.27 bits per heavy atom. The minimum Gasteiger partial charge on any atom is -0.444 e. The number of primary sulfonamides is 1. The SMILES string of the molecule is CC(C)(C)OC(=O)NCCNc1ccc(N)cc1S(N)(=O)=O. The van der Waals surface area contributed by atoms with E-state index in [1.807, 2.05) is 0 Å². The lowest BCUT2D eigenvalue weighted by Gasteiger charge is -2.19. The monoisotopic (exact) mass is 330 g/mol. The highest BCUT2D eigenvalue weighted by molar-refractivity contribution is 7.89. The summed E-state index contributed by atoms with van der Waals surface area (Å²) in [5.41, 5.74) is 5.60. The normalized spacial score (nSPS) is 11.8. The van der Waals surface area contributed by atoms with Crippen LogP contribution in [0.5, 0.6) is 0 Å². The Bertz CT molecular complexity index is 638. The number of nitrogens with two attached hydrogens (primary N) is 2. The van der Waals surface area contributed by atoms with Crippen LogP contribution in [0.3, 0.4) is 0 Å². The number of hydrogen-bond acceptors (Lipinski definition) is 6. The number of hydrogen-bond donors (Lipinski definition) is 4. The van der Waals surface area contributed by atoms with Gasteiger partial charge in [-0.25, -0.2) is 18.4 Å². The Hall–Kier alpha value is -2.00. The number of benzene rings is 1. The molecule has 1 aromatic rings. The molecule has 1 amide bonds. The first-order valence-corrected chi connectivity index (χ1v) is 8.17. The number of alkyl carbamates (subject to hydrolysis) is 1. The van der Waals surface area contributed by atoms with Crippen molar-refractivity contribution in [3.05, 3.63) is 18.2 Å². The van der Waals surface area contributed by atoms with E-state index in [0.717, 1.165) is 0 Å². The van der Waals surface area contributed by atoms with Gasteiger partial charge in [-0.15, -0.1) is 0 Å². The quantitative estimate of drug-likeness (QED) is 0.467. The standard InChI is InChI=1S/C13H22N4O4S/c1-13(2,3)21-12(18)17-7-6-16-10-5-4-9(14)8-11(10)22(15,19)20/h4-5,8,16H,6-7,14H2,1-3H3,(H,17,18)(H2,15,19,20). The number of ether oxygens (including phenoxy) is 1. The second kappa shape index (κ2) is 6.84. The number of sulfonamides is 1. The summed E-state index contributed by atoms with van der Waals surface area (Å²) < 4.78 is 28.1.